The van der Waals surface area contributed by atoms with E-state index in [2.05, 4.69) is 32.8 Å². The Morgan fingerprint density at radius 1 is 1.26 bits per heavy atom. The van der Waals surface area contributed by atoms with E-state index < -0.39 is 0 Å². The molecule has 23 heavy (non-hydrogen) atoms. The van der Waals surface area contributed by atoms with Crippen molar-refractivity contribution < 1.29 is 0 Å². The summed E-state index contributed by atoms with van der Waals surface area (Å²) in [4.78, 5) is 12.2. The van der Waals surface area contributed by atoms with Gasteiger partial charge in [0, 0.05) is 18.7 Å². The Balaban J connectivity index is 1.69. The number of likely N-dealkylation sites (tertiary alicyclic amines) is 1. The number of fused-ring (bicyclic) bond motifs is 1. The number of nitrogens with zero attached hydrogens (tertiary/aromatic N) is 4. The molecule has 1 N–H and O–H groups in total. The summed E-state index contributed by atoms with van der Waals surface area (Å²) in [5.74, 6) is 1.21. The number of hydrogen-bond acceptors (Lipinski definition) is 4. The fourth-order valence-electron chi connectivity index (χ4n) is 4.26. The van der Waals surface area contributed by atoms with Crippen molar-refractivity contribution >= 4 is 11.2 Å². The summed E-state index contributed by atoms with van der Waals surface area (Å²) < 4.78 is 2.39. The second-order valence-electron chi connectivity index (χ2n) is 6.84. The lowest BCUT2D eigenvalue weighted by Gasteiger charge is -2.28. The Morgan fingerprint density at radius 2 is 2.22 bits per heavy atom. The van der Waals surface area contributed by atoms with Gasteiger partial charge in [0.05, 0.1) is 6.17 Å². The SMILES string of the molecule is CCN1CCCC1Cc1nc2cccnc2n1C1CCCCN1. The molecule has 2 aromatic rings. The minimum atomic E-state index is 0.357. The number of rotatable bonds is 4. The Kier molecular flexibility index (Phi) is 4.31. The summed E-state index contributed by atoms with van der Waals surface area (Å²) in [6.45, 7) is 5.75. The van der Waals surface area contributed by atoms with Crippen LogP contribution >= 0.6 is 0 Å². The molecule has 0 spiro atoms. The van der Waals surface area contributed by atoms with Crippen LogP contribution in [0.4, 0.5) is 0 Å². The van der Waals surface area contributed by atoms with Gasteiger partial charge in [-0.3, -0.25) is 9.88 Å². The van der Waals surface area contributed by atoms with E-state index >= 15 is 0 Å². The van der Waals surface area contributed by atoms with Crippen LogP contribution in [0.2, 0.25) is 0 Å². The topological polar surface area (TPSA) is 46.0 Å². The van der Waals surface area contributed by atoms with E-state index in [1.807, 2.05) is 12.3 Å². The van der Waals surface area contributed by atoms with Gasteiger partial charge in [-0.25, -0.2) is 9.97 Å². The van der Waals surface area contributed by atoms with E-state index in [-0.39, 0.29) is 0 Å². The maximum atomic E-state index is 4.95. The minimum Gasteiger partial charge on any atom is -0.300 e. The van der Waals surface area contributed by atoms with Crippen LogP contribution in [0, 0.1) is 0 Å². The number of aromatic nitrogens is 3. The Morgan fingerprint density at radius 3 is 3.04 bits per heavy atom. The highest BCUT2D eigenvalue weighted by Gasteiger charge is 2.28. The molecular weight excluding hydrogens is 286 g/mol. The molecule has 5 nitrogen and oxygen atoms in total. The number of imidazole rings is 1. The van der Waals surface area contributed by atoms with E-state index in [0.29, 0.717) is 12.2 Å². The van der Waals surface area contributed by atoms with Crippen LogP contribution < -0.4 is 5.32 Å². The lowest BCUT2D eigenvalue weighted by molar-refractivity contribution is 0.255. The Bertz CT molecular complexity index is 658. The zero-order valence-electron chi connectivity index (χ0n) is 14.0. The highest BCUT2D eigenvalue weighted by atomic mass is 15.3. The molecule has 2 aliphatic heterocycles. The predicted molar refractivity (Wildman–Crippen MR) is 92.4 cm³/mol. The molecule has 2 fully saturated rings. The van der Waals surface area contributed by atoms with Gasteiger partial charge in [-0.1, -0.05) is 6.92 Å². The summed E-state index contributed by atoms with van der Waals surface area (Å²) in [6, 6.07) is 4.72. The fourth-order valence-corrected chi connectivity index (χ4v) is 4.26. The maximum Gasteiger partial charge on any atom is 0.161 e. The average molecular weight is 313 g/mol. The van der Waals surface area contributed by atoms with Crippen molar-refractivity contribution in [3.8, 4) is 0 Å². The molecule has 2 aliphatic rings. The van der Waals surface area contributed by atoms with Crippen LogP contribution in [0.1, 0.15) is 51.0 Å². The highest BCUT2D eigenvalue weighted by molar-refractivity contribution is 5.71. The van der Waals surface area contributed by atoms with Gasteiger partial charge in [0.2, 0.25) is 0 Å². The van der Waals surface area contributed by atoms with Gasteiger partial charge in [0.15, 0.2) is 5.65 Å². The molecule has 0 saturated carbocycles. The van der Waals surface area contributed by atoms with Crippen molar-refractivity contribution in [1.82, 2.24) is 24.8 Å². The van der Waals surface area contributed by atoms with Crippen LogP contribution in [0.15, 0.2) is 18.3 Å². The first-order valence-corrected chi connectivity index (χ1v) is 9.16. The largest absolute Gasteiger partial charge is 0.300 e. The lowest BCUT2D eigenvalue weighted by atomic mass is 10.1. The molecule has 124 valence electrons. The van der Waals surface area contributed by atoms with Crippen LogP contribution in [0.3, 0.4) is 0 Å². The second-order valence-corrected chi connectivity index (χ2v) is 6.84. The van der Waals surface area contributed by atoms with Gasteiger partial charge in [0.25, 0.3) is 0 Å². The third-order valence-electron chi connectivity index (χ3n) is 5.44. The minimum absolute atomic E-state index is 0.357. The van der Waals surface area contributed by atoms with Crippen molar-refractivity contribution in [3.05, 3.63) is 24.2 Å². The van der Waals surface area contributed by atoms with Crippen molar-refractivity contribution in [1.29, 1.82) is 0 Å². The molecular formula is C18H27N5. The molecule has 4 rings (SSSR count). The van der Waals surface area contributed by atoms with E-state index in [1.165, 1.54) is 44.5 Å². The number of likely N-dealkylation sites (N-methyl/N-ethyl adjacent to an activating group) is 1. The molecule has 0 amide bonds. The maximum absolute atomic E-state index is 4.95. The van der Waals surface area contributed by atoms with Crippen LogP contribution in [-0.2, 0) is 6.42 Å². The average Bonchev–Trinajstić information content (AvgIpc) is 3.19. The van der Waals surface area contributed by atoms with Crippen LogP contribution in [0.25, 0.3) is 11.2 Å². The van der Waals surface area contributed by atoms with E-state index in [1.54, 1.807) is 0 Å². The van der Waals surface area contributed by atoms with E-state index in [4.69, 9.17) is 4.98 Å². The molecule has 2 saturated heterocycles. The number of nitrogens with one attached hydrogen (secondary N) is 1. The van der Waals surface area contributed by atoms with Gasteiger partial charge in [-0.2, -0.15) is 0 Å². The molecule has 5 heteroatoms. The van der Waals surface area contributed by atoms with Gasteiger partial charge in [0.1, 0.15) is 11.3 Å². The monoisotopic (exact) mass is 313 g/mol. The summed E-state index contributed by atoms with van der Waals surface area (Å²) in [5, 5.41) is 3.67. The second kappa shape index (κ2) is 6.57. The smallest absolute Gasteiger partial charge is 0.161 e. The first kappa shape index (κ1) is 15.1. The molecule has 2 unspecified atom stereocenters. The van der Waals surface area contributed by atoms with Gasteiger partial charge in [-0.15, -0.1) is 0 Å². The first-order valence-electron chi connectivity index (χ1n) is 9.16. The van der Waals surface area contributed by atoms with Gasteiger partial charge < -0.3 is 4.90 Å². The quantitative estimate of drug-likeness (QED) is 0.943. The number of piperidine rings is 1. The zero-order chi connectivity index (χ0) is 15.6. The van der Waals surface area contributed by atoms with Crippen molar-refractivity contribution in [2.75, 3.05) is 19.6 Å². The summed E-state index contributed by atoms with van der Waals surface area (Å²) in [6.07, 6.45) is 9.64. The number of pyridine rings is 1. The van der Waals surface area contributed by atoms with Crippen molar-refractivity contribution in [2.24, 2.45) is 0 Å². The fraction of sp³-hybridized carbons (Fsp3) is 0.667. The highest BCUT2D eigenvalue weighted by Crippen LogP contribution is 2.27. The third kappa shape index (κ3) is 2.88. The van der Waals surface area contributed by atoms with Crippen LogP contribution in [-0.4, -0.2) is 45.1 Å². The third-order valence-corrected chi connectivity index (χ3v) is 5.44. The Hall–Kier alpha value is -1.46. The molecule has 2 atom stereocenters. The normalized spacial score (nSPS) is 26.1. The van der Waals surface area contributed by atoms with E-state index in [0.717, 1.165) is 30.7 Å². The zero-order valence-corrected chi connectivity index (χ0v) is 14.0. The molecule has 0 aliphatic carbocycles. The predicted octanol–water partition coefficient (Wildman–Crippen LogP) is 2.73. The Labute approximate surface area is 138 Å². The van der Waals surface area contributed by atoms with E-state index in [9.17, 15) is 0 Å². The molecule has 0 radical (unpaired) electrons. The van der Waals surface area contributed by atoms with Crippen molar-refractivity contribution in [3.63, 3.8) is 0 Å². The first-order chi connectivity index (χ1) is 11.4. The lowest BCUT2D eigenvalue weighted by Crippen LogP contribution is -2.35. The standard InChI is InChI=1S/C18H27N5/c1-2-22-12-6-7-14(22)13-17-21-15-8-5-11-20-18(15)23(17)16-9-3-4-10-19-16/h5,8,11,14,16,19H,2-4,6-7,9-10,12-13H2,1H3. The number of hydrogen-bond donors (Lipinski definition) is 1. The van der Waals surface area contributed by atoms with Gasteiger partial charge >= 0.3 is 0 Å². The molecule has 0 bridgehead atoms. The van der Waals surface area contributed by atoms with Crippen LogP contribution in [0.5, 0.6) is 0 Å². The molecule has 4 heterocycles. The summed E-state index contributed by atoms with van der Waals surface area (Å²) in [7, 11) is 0. The summed E-state index contributed by atoms with van der Waals surface area (Å²) >= 11 is 0. The van der Waals surface area contributed by atoms with Crippen molar-refractivity contribution in [2.45, 2.75) is 57.7 Å². The van der Waals surface area contributed by atoms with Gasteiger partial charge in [-0.05, 0) is 63.9 Å². The summed E-state index contributed by atoms with van der Waals surface area (Å²) in [5.41, 5.74) is 2.08. The molecule has 0 aromatic carbocycles. The molecule has 2 aromatic heterocycles.